The van der Waals surface area contributed by atoms with E-state index in [1.165, 1.54) is 0 Å². The Balaban J connectivity index is 2.04. The van der Waals surface area contributed by atoms with Crippen LogP contribution in [0.1, 0.15) is 11.3 Å². The van der Waals surface area contributed by atoms with Crippen LogP contribution in [0.5, 0.6) is 0 Å². The SMILES string of the molecule is Cc1[nH]c(-c2cccc(CN)c2)nc1-c1cccnc1. The van der Waals surface area contributed by atoms with E-state index in [-0.39, 0.29) is 0 Å². The van der Waals surface area contributed by atoms with Crippen molar-refractivity contribution in [3.63, 3.8) is 0 Å². The first kappa shape index (κ1) is 12.6. The third-order valence-corrected chi connectivity index (χ3v) is 3.26. The smallest absolute Gasteiger partial charge is 0.138 e. The molecule has 3 N–H and O–H groups in total. The predicted molar refractivity (Wildman–Crippen MR) is 79.9 cm³/mol. The number of nitrogens with one attached hydrogen (secondary N) is 1. The number of rotatable bonds is 3. The van der Waals surface area contributed by atoms with Gasteiger partial charge in [-0.05, 0) is 30.7 Å². The molecule has 4 nitrogen and oxygen atoms in total. The van der Waals surface area contributed by atoms with Crippen molar-refractivity contribution in [1.82, 2.24) is 15.0 Å². The van der Waals surface area contributed by atoms with Crippen LogP contribution in [0.2, 0.25) is 0 Å². The highest BCUT2D eigenvalue weighted by atomic mass is 14.9. The molecular formula is C16H16N4. The van der Waals surface area contributed by atoms with Gasteiger partial charge in [-0.3, -0.25) is 4.98 Å². The van der Waals surface area contributed by atoms with Crippen LogP contribution in [-0.2, 0) is 6.54 Å². The minimum absolute atomic E-state index is 0.531. The zero-order valence-corrected chi connectivity index (χ0v) is 11.3. The molecule has 0 amide bonds. The molecule has 0 aliphatic carbocycles. The molecule has 0 bridgehead atoms. The van der Waals surface area contributed by atoms with E-state index in [4.69, 9.17) is 5.73 Å². The summed E-state index contributed by atoms with van der Waals surface area (Å²) in [6, 6.07) is 12.0. The van der Waals surface area contributed by atoms with E-state index in [2.05, 4.69) is 21.0 Å². The van der Waals surface area contributed by atoms with E-state index < -0.39 is 0 Å². The standard InChI is InChI=1S/C16H16N4/c1-11-15(14-6-3-7-18-10-14)20-16(19-11)13-5-2-4-12(8-13)9-17/h2-8,10H,9,17H2,1H3,(H,19,20). The topological polar surface area (TPSA) is 67.6 Å². The molecule has 0 radical (unpaired) electrons. The molecule has 0 fully saturated rings. The molecule has 0 aliphatic heterocycles. The highest BCUT2D eigenvalue weighted by Gasteiger charge is 2.10. The van der Waals surface area contributed by atoms with Gasteiger partial charge in [-0.25, -0.2) is 4.98 Å². The zero-order valence-electron chi connectivity index (χ0n) is 11.3. The van der Waals surface area contributed by atoms with Gasteiger partial charge in [0, 0.05) is 35.8 Å². The lowest BCUT2D eigenvalue weighted by Gasteiger charge is -2.00. The number of hydrogen-bond donors (Lipinski definition) is 2. The Bertz CT molecular complexity index is 716. The van der Waals surface area contributed by atoms with Gasteiger partial charge in [-0.2, -0.15) is 0 Å². The molecule has 2 aromatic heterocycles. The molecular weight excluding hydrogens is 248 g/mol. The van der Waals surface area contributed by atoms with Gasteiger partial charge in [-0.1, -0.05) is 18.2 Å². The molecule has 2 heterocycles. The van der Waals surface area contributed by atoms with Crippen LogP contribution in [-0.4, -0.2) is 15.0 Å². The second-order valence-corrected chi connectivity index (χ2v) is 4.71. The monoisotopic (exact) mass is 264 g/mol. The van der Waals surface area contributed by atoms with Crippen LogP contribution < -0.4 is 5.73 Å². The molecule has 100 valence electrons. The average molecular weight is 264 g/mol. The number of nitrogens with two attached hydrogens (primary N) is 1. The number of aromatic nitrogens is 3. The van der Waals surface area contributed by atoms with Crippen molar-refractivity contribution in [3.05, 3.63) is 60.0 Å². The van der Waals surface area contributed by atoms with Crippen LogP contribution in [0.3, 0.4) is 0 Å². The van der Waals surface area contributed by atoms with E-state index in [1.54, 1.807) is 6.20 Å². The minimum Gasteiger partial charge on any atom is -0.342 e. The predicted octanol–water partition coefficient (Wildman–Crippen LogP) is 2.91. The highest BCUT2D eigenvalue weighted by Crippen LogP contribution is 2.25. The molecule has 0 aliphatic rings. The van der Waals surface area contributed by atoms with Gasteiger partial charge in [0.1, 0.15) is 5.82 Å². The van der Waals surface area contributed by atoms with Crippen LogP contribution in [0.15, 0.2) is 48.8 Å². The van der Waals surface area contributed by atoms with Gasteiger partial charge in [-0.15, -0.1) is 0 Å². The molecule has 0 saturated carbocycles. The van der Waals surface area contributed by atoms with Gasteiger partial charge in [0.05, 0.1) is 5.69 Å². The summed E-state index contributed by atoms with van der Waals surface area (Å²) in [5.74, 6) is 0.858. The Morgan fingerprint density at radius 2 is 2.00 bits per heavy atom. The van der Waals surface area contributed by atoms with Crippen LogP contribution >= 0.6 is 0 Å². The van der Waals surface area contributed by atoms with E-state index in [0.717, 1.165) is 33.9 Å². The summed E-state index contributed by atoms with van der Waals surface area (Å²) in [5, 5.41) is 0. The Labute approximate surface area is 117 Å². The van der Waals surface area contributed by atoms with Gasteiger partial charge < -0.3 is 10.7 Å². The highest BCUT2D eigenvalue weighted by molar-refractivity contribution is 5.66. The number of hydrogen-bond acceptors (Lipinski definition) is 3. The Morgan fingerprint density at radius 1 is 1.15 bits per heavy atom. The summed E-state index contributed by atoms with van der Waals surface area (Å²) >= 11 is 0. The molecule has 0 unspecified atom stereocenters. The van der Waals surface area contributed by atoms with Crippen molar-refractivity contribution >= 4 is 0 Å². The lowest BCUT2D eigenvalue weighted by atomic mass is 10.1. The molecule has 0 spiro atoms. The second-order valence-electron chi connectivity index (χ2n) is 4.71. The van der Waals surface area contributed by atoms with Gasteiger partial charge in [0.2, 0.25) is 0 Å². The van der Waals surface area contributed by atoms with Gasteiger partial charge in [0.25, 0.3) is 0 Å². The zero-order chi connectivity index (χ0) is 13.9. The number of aromatic amines is 1. The Morgan fingerprint density at radius 3 is 2.75 bits per heavy atom. The van der Waals surface area contributed by atoms with Crippen molar-refractivity contribution in [2.75, 3.05) is 0 Å². The lowest BCUT2D eigenvalue weighted by Crippen LogP contribution is -1.96. The van der Waals surface area contributed by atoms with Crippen molar-refractivity contribution in [2.24, 2.45) is 5.73 Å². The number of nitrogens with zero attached hydrogens (tertiary/aromatic N) is 2. The fraction of sp³-hybridized carbons (Fsp3) is 0.125. The van der Waals surface area contributed by atoms with Crippen molar-refractivity contribution in [3.8, 4) is 22.6 Å². The molecule has 20 heavy (non-hydrogen) atoms. The maximum absolute atomic E-state index is 5.68. The first-order valence-corrected chi connectivity index (χ1v) is 6.54. The third kappa shape index (κ3) is 2.33. The van der Waals surface area contributed by atoms with Crippen LogP contribution in [0.25, 0.3) is 22.6 Å². The Kier molecular flexibility index (Phi) is 3.31. The maximum Gasteiger partial charge on any atom is 0.138 e. The number of H-pyrrole nitrogens is 1. The summed E-state index contributed by atoms with van der Waals surface area (Å²) in [6.07, 6.45) is 3.58. The number of aryl methyl sites for hydroxylation is 1. The number of imidazole rings is 1. The quantitative estimate of drug-likeness (QED) is 0.764. The normalized spacial score (nSPS) is 10.7. The summed E-state index contributed by atoms with van der Waals surface area (Å²) in [6.45, 7) is 2.55. The van der Waals surface area contributed by atoms with Gasteiger partial charge in [0.15, 0.2) is 0 Å². The van der Waals surface area contributed by atoms with E-state index >= 15 is 0 Å². The molecule has 3 rings (SSSR count). The number of benzene rings is 1. The first-order chi connectivity index (χ1) is 9.78. The van der Waals surface area contributed by atoms with Crippen LogP contribution in [0, 0.1) is 6.92 Å². The van der Waals surface area contributed by atoms with Crippen molar-refractivity contribution in [1.29, 1.82) is 0 Å². The second kappa shape index (κ2) is 5.27. The molecule has 3 aromatic rings. The summed E-state index contributed by atoms with van der Waals surface area (Å²) in [7, 11) is 0. The summed E-state index contributed by atoms with van der Waals surface area (Å²) < 4.78 is 0. The molecule has 0 saturated heterocycles. The lowest BCUT2D eigenvalue weighted by molar-refractivity contribution is 1.07. The maximum atomic E-state index is 5.68. The molecule has 1 aromatic carbocycles. The van der Waals surface area contributed by atoms with E-state index in [0.29, 0.717) is 6.54 Å². The largest absolute Gasteiger partial charge is 0.342 e. The van der Waals surface area contributed by atoms with E-state index in [1.807, 2.05) is 43.5 Å². The van der Waals surface area contributed by atoms with Crippen molar-refractivity contribution < 1.29 is 0 Å². The fourth-order valence-corrected chi connectivity index (χ4v) is 2.23. The average Bonchev–Trinajstić information content (AvgIpc) is 2.90. The first-order valence-electron chi connectivity index (χ1n) is 6.54. The molecule has 4 heteroatoms. The number of pyridine rings is 1. The Hall–Kier alpha value is -2.46. The minimum atomic E-state index is 0.531. The third-order valence-electron chi connectivity index (χ3n) is 3.26. The summed E-state index contributed by atoms with van der Waals surface area (Å²) in [5.41, 5.74) is 10.8. The van der Waals surface area contributed by atoms with Gasteiger partial charge >= 0.3 is 0 Å². The molecule has 0 atom stereocenters. The van der Waals surface area contributed by atoms with E-state index in [9.17, 15) is 0 Å². The van der Waals surface area contributed by atoms with Crippen LogP contribution in [0.4, 0.5) is 0 Å². The fourth-order valence-electron chi connectivity index (χ4n) is 2.23. The summed E-state index contributed by atoms with van der Waals surface area (Å²) in [4.78, 5) is 12.2. The van der Waals surface area contributed by atoms with Crippen molar-refractivity contribution in [2.45, 2.75) is 13.5 Å².